The van der Waals surface area contributed by atoms with Crippen LogP contribution in [0.4, 0.5) is 0 Å². The van der Waals surface area contributed by atoms with Crippen LogP contribution in [0.2, 0.25) is 0 Å². The van der Waals surface area contributed by atoms with E-state index in [0.717, 1.165) is 28.0 Å². The molecule has 0 spiro atoms. The van der Waals surface area contributed by atoms with Gasteiger partial charge in [-0.05, 0) is 35.4 Å². The molecule has 0 radical (unpaired) electrons. The number of rotatable bonds is 4. The molecule has 2 heterocycles. The van der Waals surface area contributed by atoms with Crippen molar-refractivity contribution in [1.82, 2.24) is 14.6 Å². The first-order valence-corrected chi connectivity index (χ1v) is 7.97. The van der Waals surface area contributed by atoms with Gasteiger partial charge in [-0.15, -0.1) is 0 Å². The fourth-order valence-electron chi connectivity index (χ4n) is 2.80. The van der Waals surface area contributed by atoms with Crippen molar-refractivity contribution >= 4 is 11.6 Å². The number of hydrogen-bond donors (Lipinski definition) is 1. The fourth-order valence-corrected chi connectivity index (χ4v) is 2.80. The molecule has 4 aromatic rings. The van der Waals surface area contributed by atoms with Crippen LogP contribution in [-0.4, -0.2) is 32.8 Å². The molecule has 0 amide bonds. The van der Waals surface area contributed by atoms with Gasteiger partial charge in [-0.25, -0.2) is 14.3 Å². The first-order chi connectivity index (χ1) is 12.7. The zero-order valence-corrected chi connectivity index (χ0v) is 14.0. The number of aromatic carboxylic acids is 1. The van der Waals surface area contributed by atoms with Gasteiger partial charge >= 0.3 is 5.97 Å². The van der Waals surface area contributed by atoms with Crippen LogP contribution < -0.4 is 4.74 Å². The Hall–Kier alpha value is -3.67. The maximum Gasteiger partial charge on any atom is 0.335 e. The molecule has 6 heteroatoms. The van der Waals surface area contributed by atoms with Crippen LogP contribution in [0.15, 0.2) is 67.1 Å². The second-order valence-corrected chi connectivity index (χ2v) is 5.78. The van der Waals surface area contributed by atoms with Gasteiger partial charge in [0, 0.05) is 23.5 Å². The fraction of sp³-hybridized carbons (Fsp3) is 0.0500. The molecule has 0 aliphatic rings. The van der Waals surface area contributed by atoms with Crippen molar-refractivity contribution in [1.29, 1.82) is 0 Å². The Morgan fingerprint density at radius 1 is 0.962 bits per heavy atom. The highest BCUT2D eigenvalue weighted by Gasteiger charge is 2.10. The Bertz CT molecular complexity index is 1080. The Morgan fingerprint density at radius 2 is 1.65 bits per heavy atom. The van der Waals surface area contributed by atoms with Crippen LogP contribution in [0.5, 0.6) is 5.75 Å². The van der Waals surface area contributed by atoms with Crippen molar-refractivity contribution < 1.29 is 14.6 Å². The third-order valence-electron chi connectivity index (χ3n) is 4.22. The number of nitrogens with zero attached hydrogens (tertiary/aromatic N) is 3. The van der Waals surface area contributed by atoms with Gasteiger partial charge in [0.25, 0.3) is 0 Å². The predicted octanol–water partition coefficient (Wildman–Crippen LogP) is 3.77. The van der Waals surface area contributed by atoms with Crippen molar-refractivity contribution in [3.8, 4) is 28.0 Å². The molecule has 1 N–H and O–H groups in total. The molecule has 0 saturated heterocycles. The maximum absolute atomic E-state index is 11.0. The number of aromatic nitrogens is 3. The summed E-state index contributed by atoms with van der Waals surface area (Å²) in [5.41, 5.74) is 4.64. The third kappa shape index (κ3) is 2.77. The molecule has 4 rings (SSSR count). The lowest BCUT2D eigenvalue weighted by Gasteiger charge is -2.05. The molecule has 6 nitrogen and oxygen atoms in total. The van der Waals surface area contributed by atoms with Gasteiger partial charge in [0.2, 0.25) is 0 Å². The molecule has 0 aliphatic heterocycles. The van der Waals surface area contributed by atoms with E-state index in [2.05, 4.69) is 10.1 Å². The van der Waals surface area contributed by atoms with Crippen LogP contribution in [0, 0.1) is 0 Å². The lowest BCUT2D eigenvalue weighted by atomic mass is 10.1. The van der Waals surface area contributed by atoms with Crippen LogP contribution in [0.3, 0.4) is 0 Å². The summed E-state index contributed by atoms with van der Waals surface area (Å²) >= 11 is 0. The quantitative estimate of drug-likeness (QED) is 0.609. The number of carbonyl (C=O) groups is 1. The molecule has 26 heavy (non-hydrogen) atoms. The second kappa shape index (κ2) is 6.33. The zero-order chi connectivity index (χ0) is 18.1. The number of benzene rings is 2. The lowest BCUT2D eigenvalue weighted by Crippen LogP contribution is -1.95. The van der Waals surface area contributed by atoms with Crippen molar-refractivity contribution in [2.45, 2.75) is 0 Å². The summed E-state index contributed by atoms with van der Waals surface area (Å²) in [6, 6.07) is 14.4. The SMILES string of the molecule is COc1ccc(-c2cnc3c(-c4ccc(C(=O)O)cc4)cnn3c2)cc1. The van der Waals surface area contributed by atoms with E-state index >= 15 is 0 Å². The highest BCUT2D eigenvalue weighted by Crippen LogP contribution is 2.26. The number of methoxy groups -OCH3 is 1. The van der Waals surface area contributed by atoms with Gasteiger partial charge in [0.15, 0.2) is 5.65 Å². The Labute approximate surface area is 149 Å². The predicted molar refractivity (Wildman–Crippen MR) is 97.4 cm³/mol. The van der Waals surface area contributed by atoms with Crippen LogP contribution in [0.1, 0.15) is 10.4 Å². The minimum Gasteiger partial charge on any atom is -0.497 e. The molecule has 2 aromatic carbocycles. The molecule has 0 bridgehead atoms. The molecular weight excluding hydrogens is 330 g/mol. The van der Waals surface area contributed by atoms with E-state index < -0.39 is 5.97 Å². The van der Waals surface area contributed by atoms with E-state index in [9.17, 15) is 4.79 Å². The summed E-state index contributed by atoms with van der Waals surface area (Å²) in [6.45, 7) is 0. The highest BCUT2D eigenvalue weighted by atomic mass is 16.5. The first kappa shape index (κ1) is 15.8. The van der Waals surface area contributed by atoms with Gasteiger partial charge in [0.1, 0.15) is 5.75 Å². The summed E-state index contributed by atoms with van der Waals surface area (Å²) in [6.07, 6.45) is 5.45. The molecule has 0 atom stereocenters. The van der Waals surface area contributed by atoms with Gasteiger partial charge < -0.3 is 9.84 Å². The van der Waals surface area contributed by atoms with E-state index in [-0.39, 0.29) is 5.56 Å². The molecule has 128 valence electrons. The third-order valence-corrected chi connectivity index (χ3v) is 4.22. The van der Waals surface area contributed by atoms with Gasteiger partial charge in [-0.1, -0.05) is 24.3 Å². The monoisotopic (exact) mass is 345 g/mol. The molecule has 0 saturated carbocycles. The highest BCUT2D eigenvalue weighted by molar-refractivity contribution is 5.89. The van der Waals surface area contributed by atoms with E-state index in [1.165, 1.54) is 0 Å². The molecule has 0 fully saturated rings. The number of hydrogen-bond acceptors (Lipinski definition) is 4. The van der Waals surface area contributed by atoms with Crippen LogP contribution >= 0.6 is 0 Å². The van der Waals surface area contributed by atoms with Crippen molar-refractivity contribution in [2.24, 2.45) is 0 Å². The number of carboxylic acids is 1. The smallest absolute Gasteiger partial charge is 0.335 e. The minimum atomic E-state index is -0.946. The summed E-state index contributed by atoms with van der Waals surface area (Å²) in [4.78, 5) is 15.5. The first-order valence-electron chi connectivity index (χ1n) is 7.97. The lowest BCUT2D eigenvalue weighted by molar-refractivity contribution is 0.0697. The molecule has 2 aromatic heterocycles. The average molecular weight is 345 g/mol. The maximum atomic E-state index is 11.0. The van der Waals surface area contributed by atoms with E-state index in [0.29, 0.717) is 5.65 Å². The largest absolute Gasteiger partial charge is 0.497 e. The van der Waals surface area contributed by atoms with E-state index in [1.54, 1.807) is 48.3 Å². The summed E-state index contributed by atoms with van der Waals surface area (Å²) < 4.78 is 6.90. The summed E-state index contributed by atoms with van der Waals surface area (Å²) in [5, 5.41) is 13.4. The molecule has 0 unspecified atom stereocenters. The topological polar surface area (TPSA) is 76.7 Å². The van der Waals surface area contributed by atoms with Gasteiger partial charge in [-0.3, -0.25) is 0 Å². The second-order valence-electron chi connectivity index (χ2n) is 5.78. The van der Waals surface area contributed by atoms with Crippen molar-refractivity contribution in [3.05, 3.63) is 72.7 Å². The zero-order valence-electron chi connectivity index (χ0n) is 14.0. The number of ether oxygens (including phenoxy) is 1. The van der Waals surface area contributed by atoms with Crippen molar-refractivity contribution in [3.63, 3.8) is 0 Å². The van der Waals surface area contributed by atoms with Crippen LogP contribution in [0.25, 0.3) is 27.9 Å². The van der Waals surface area contributed by atoms with E-state index in [1.807, 2.05) is 30.5 Å². The standard InChI is InChI=1S/C20H15N3O3/c1-26-17-8-6-13(7-9-17)16-10-21-19-18(11-22-23(19)12-16)14-2-4-15(5-3-14)20(24)25/h2-12H,1H3,(H,24,25). The van der Waals surface area contributed by atoms with E-state index in [4.69, 9.17) is 9.84 Å². The molecular formula is C20H15N3O3. The number of fused-ring (bicyclic) bond motifs is 1. The Morgan fingerprint density at radius 3 is 2.31 bits per heavy atom. The van der Waals surface area contributed by atoms with Gasteiger partial charge in [0.05, 0.1) is 18.9 Å². The Kier molecular flexibility index (Phi) is 3.85. The number of carboxylic acid groups (broad SMARTS) is 1. The Balaban J connectivity index is 1.71. The molecule has 0 aliphatic carbocycles. The summed E-state index contributed by atoms with van der Waals surface area (Å²) in [7, 11) is 1.64. The average Bonchev–Trinajstić information content (AvgIpc) is 3.11. The summed E-state index contributed by atoms with van der Waals surface area (Å²) in [5.74, 6) is -0.146. The van der Waals surface area contributed by atoms with Crippen LogP contribution in [-0.2, 0) is 0 Å². The van der Waals surface area contributed by atoms with Gasteiger partial charge in [-0.2, -0.15) is 5.10 Å². The van der Waals surface area contributed by atoms with Crippen molar-refractivity contribution in [2.75, 3.05) is 7.11 Å². The minimum absolute atomic E-state index is 0.250. The normalized spacial score (nSPS) is 10.8.